The van der Waals surface area contributed by atoms with Gasteiger partial charge in [0.25, 0.3) is 0 Å². The highest BCUT2D eigenvalue weighted by Crippen LogP contribution is 1.93. The van der Waals surface area contributed by atoms with Gasteiger partial charge >= 0.3 is 0 Å². The molecular weight excluding hydrogens is 140 g/mol. The van der Waals surface area contributed by atoms with Gasteiger partial charge in [0, 0.05) is 6.04 Å². The third-order valence-corrected chi connectivity index (χ3v) is 1.01. The SMILES string of the molecule is CC(C)C(N)C=NO.Cl. The van der Waals surface area contributed by atoms with Gasteiger partial charge in [-0.15, -0.1) is 17.6 Å². The van der Waals surface area contributed by atoms with E-state index < -0.39 is 0 Å². The fourth-order valence-corrected chi connectivity index (χ4v) is 0.249. The Morgan fingerprint density at radius 1 is 1.56 bits per heavy atom. The van der Waals surface area contributed by atoms with E-state index in [1.54, 1.807) is 0 Å². The largest absolute Gasteiger partial charge is 0.411 e. The van der Waals surface area contributed by atoms with Crippen molar-refractivity contribution in [2.75, 3.05) is 0 Å². The van der Waals surface area contributed by atoms with Gasteiger partial charge in [-0.05, 0) is 5.92 Å². The Bertz CT molecular complexity index is 85.0. The number of rotatable bonds is 2. The van der Waals surface area contributed by atoms with Gasteiger partial charge in [0.15, 0.2) is 0 Å². The lowest BCUT2D eigenvalue weighted by Crippen LogP contribution is -2.27. The summed E-state index contributed by atoms with van der Waals surface area (Å²) in [7, 11) is 0. The third-order valence-electron chi connectivity index (χ3n) is 1.01. The zero-order valence-corrected chi connectivity index (χ0v) is 6.43. The van der Waals surface area contributed by atoms with Crippen molar-refractivity contribution in [2.45, 2.75) is 19.9 Å². The second-order valence-electron chi connectivity index (χ2n) is 2.09. The predicted octanol–water partition coefficient (Wildman–Crippen LogP) is 0.851. The molecule has 1 unspecified atom stereocenters. The number of halogens is 1. The molecule has 3 N–H and O–H groups in total. The fraction of sp³-hybridized carbons (Fsp3) is 0.800. The van der Waals surface area contributed by atoms with Crippen molar-refractivity contribution in [3.63, 3.8) is 0 Å². The molecule has 0 saturated heterocycles. The maximum Gasteiger partial charge on any atom is 0.0605 e. The molecule has 0 radical (unpaired) electrons. The molecule has 0 aromatic rings. The van der Waals surface area contributed by atoms with E-state index >= 15 is 0 Å². The smallest absolute Gasteiger partial charge is 0.0605 e. The Morgan fingerprint density at radius 3 is 2.11 bits per heavy atom. The highest BCUT2D eigenvalue weighted by atomic mass is 35.5. The molecule has 0 aliphatic rings. The van der Waals surface area contributed by atoms with Crippen LogP contribution in [0.2, 0.25) is 0 Å². The standard InChI is InChI=1S/C5H12N2O.ClH/c1-4(2)5(6)3-7-8;/h3-5,8H,6H2,1-2H3;1H. The van der Waals surface area contributed by atoms with Gasteiger partial charge in [0.05, 0.1) is 6.21 Å². The van der Waals surface area contributed by atoms with Crippen LogP contribution >= 0.6 is 12.4 Å². The summed E-state index contributed by atoms with van der Waals surface area (Å²) in [5, 5.41) is 10.8. The maximum absolute atomic E-state index is 7.98. The van der Waals surface area contributed by atoms with Crippen LogP contribution in [-0.2, 0) is 0 Å². The molecule has 3 nitrogen and oxygen atoms in total. The lowest BCUT2D eigenvalue weighted by Gasteiger charge is -2.06. The second-order valence-corrected chi connectivity index (χ2v) is 2.09. The van der Waals surface area contributed by atoms with E-state index in [9.17, 15) is 0 Å². The van der Waals surface area contributed by atoms with Crippen molar-refractivity contribution < 1.29 is 5.21 Å². The third kappa shape index (κ3) is 5.59. The van der Waals surface area contributed by atoms with Gasteiger partial charge < -0.3 is 10.9 Å². The van der Waals surface area contributed by atoms with E-state index in [-0.39, 0.29) is 18.4 Å². The summed E-state index contributed by atoms with van der Waals surface area (Å²) in [6, 6.07) is -0.125. The molecular formula is C5H13ClN2O. The Morgan fingerprint density at radius 2 is 2.00 bits per heavy atom. The Labute approximate surface area is 61.3 Å². The van der Waals surface area contributed by atoms with E-state index in [1.165, 1.54) is 6.21 Å². The van der Waals surface area contributed by atoms with Crippen molar-refractivity contribution in [1.29, 1.82) is 0 Å². The quantitative estimate of drug-likeness (QED) is 0.350. The van der Waals surface area contributed by atoms with Crippen molar-refractivity contribution >= 4 is 18.6 Å². The number of hydrogen-bond acceptors (Lipinski definition) is 3. The molecule has 0 rings (SSSR count). The average Bonchev–Trinajstić information content (AvgIpc) is 1.67. The van der Waals surface area contributed by atoms with Crippen LogP contribution in [0.15, 0.2) is 5.16 Å². The summed E-state index contributed by atoms with van der Waals surface area (Å²) in [4.78, 5) is 0. The molecule has 0 spiro atoms. The van der Waals surface area contributed by atoms with Crippen LogP contribution in [0.5, 0.6) is 0 Å². The van der Waals surface area contributed by atoms with E-state index in [2.05, 4.69) is 5.16 Å². The molecule has 0 bridgehead atoms. The minimum absolute atomic E-state index is 0. The molecule has 0 aromatic carbocycles. The molecule has 0 saturated carbocycles. The topological polar surface area (TPSA) is 58.6 Å². The summed E-state index contributed by atoms with van der Waals surface area (Å²) >= 11 is 0. The number of oxime groups is 1. The molecule has 9 heavy (non-hydrogen) atoms. The lowest BCUT2D eigenvalue weighted by atomic mass is 10.1. The maximum atomic E-state index is 7.98. The highest BCUT2D eigenvalue weighted by Gasteiger charge is 2.01. The molecule has 0 aromatic heterocycles. The summed E-state index contributed by atoms with van der Waals surface area (Å²) in [5.74, 6) is 0.339. The molecule has 0 aliphatic heterocycles. The monoisotopic (exact) mass is 152 g/mol. The minimum Gasteiger partial charge on any atom is -0.411 e. The predicted molar refractivity (Wildman–Crippen MR) is 40.3 cm³/mol. The van der Waals surface area contributed by atoms with Crippen molar-refractivity contribution in [3.8, 4) is 0 Å². The summed E-state index contributed by atoms with van der Waals surface area (Å²) in [6.45, 7) is 3.93. The molecule has 56 valence electrons. The fourth-order valence-electron chi connectivity index (χ4n) is 0.249. The van der Waals surface area contributed by atoms with Gasteiger partial charge in [-0.1, -0.05) is 13.8 Å². The molecule has 1 atom stereocenters. The van der Waals surface area contributed by atoms with Crippen LogP contribution in [0.4, 0.5) is 0 Å². The van der Waals surface area contributed by atoms with Crippen LogP contribution in [0.25, 0.3) is 0 Å². The number of nitrogens with zero attached hydrogens (tertiary/aromatic N) is 1. The van der Waals surface area contributed by atoms with Gasteiger partial charge in [0.1, 0.15) is 0 Å². The lowest BCUT2D eigenvalue weighted by molar-refractivity contribution is 0.318. The van der Waals surface area contributed by atoms with Crippen LogP contribution in [-0.4, -0.2) is 17.5 Å². The van der Waals surface area contributed by atoms with Crippen LogP contribution in [0.3, 0.4) is 0 Å². The normalized spacial score (nSPS) is 13.8. The van der Waals surface area contributed by atoms with Crippen LogP contribution < -0.4 is 5.73 Å². The Hall–Kier alpha value is -0.280. The van der Waals surface area contributed by atoms with E-state index in [0.29, 0.717) is 5.92 Å². The first-order chi connectivity index (χ1) is 3.68. The zero-order chi connectivity index (χ0) is 6.57. The van der Waals surface area contributed by atoms with Gasteiger partial charge in [-0.2, -0.15) is 0 Å². The molecule has 4 heteroatoms. The summed E-state index contributed by atoms with van der Waals surface area (Å²) in [5.41, 5.74) is 5.42. The van der Waals surface area contributed by atoms with Gasteiger partial charge in [0.2, 0.25) is 0 Å². The molecule has 0 fully saturated rings. The van der Waals surface area contributed by atoms with E-state index in [4.69, 9.17) is 10.9 Å². The van der Waals surface area contributed by atoms with Crippen LogP contribution in [0, 0.1) is 5.92 Å². The molecule has 0 amide bonds. The van der Waals surface area contributed by atoms with Crippen molar-refractivity contribution in [3.05, 3.63) is 0 Å². The Kier molecular flexibility index (Phi) is 7.48. The van der Waals surface area contributed by atoms with Crippen molar-refractivity contribution in [1.82, 2.24) is 0 Å². The first-order valence-electron chi connectivity index (χ1n) is 2.61. The second kappa shape index (κ2) is 5.85. The first-order valence-corrected chi connectivity index (χ1v) is 2.61. The zero-order valence-electron chi connectivity index (χ0n) is 5.61. The highest BCUT2D eigenvalue weighted by molar-refractivity contribution is 5.85. The molecule has 0 heterocycles. The minimum atomic E-state index is -0.125. The molecule has 0 aliphatic carbocycles. The van der Waals surface area contributed by atoms with E-state index in [1.807, 2.05) is 13.8 Å². The van der Waals surface area contributed by atoms with Crippen molar-refractivity contribution in [2.24, 2.45) is 16.8 Å². The number of nitrogens with two attached hydrogens (primary N) is 1. The van der Waals surface area contributed by atoms with Gasteiger partial charge in [-0.3, -0.25) is 0 Å². The van der Waals surface area contributed by atoms with Crippen LogP contribution in [0.1, 0.15) is 13.8 Å². The van der Waals surface area contributed by atoms with E-state index in [0.717, 1.165) is 0 Å². The summed E-state index contributed by atoms with van der Waals surface area (Å²) < 4.78 is 0. The Balaban J connectivity index is 0. The summed E-state index contributed by atoms with van der Waals surface area (Å²) in [6.07, 6.45) is 1.32. The average molecular weight is 153 g/mol. The van der Waals surface area contributed by atoms with Gasteiger partial charge in [-0.25, -0.2) is 0 Å². The first kappa shape index (κ1) is 11.5. The number of hydrogen-bond donors (Lipinski definition) is 2.